The van der Waals surface area contributed by atoms with Crippen LogP contribution in [0.4, 0.5) is 24.5 Å². The summed E-state index contributed by atoms with van der Waals surface area (Å²) >= 11 is 0. The topological polar surface area (TPSA) is 89.3 Å². The Morgan fingerprint density at radius 2 is 2.24 bits per heavy atom. The SMILES string of the molecule is CO[C@H]1CNCC1Nc1cc(C(F)(F)F)ncc1[N+](=O)[O-]. The Morgan fingerprint density at radius 1 is 1.52 bits per heavy atom. The van der Waals surface area contributed by atoms with Gasteiger partial charge in [-0.15, -0.1) is 0 Å². The Labute approximate surface area is 117 Å². The van der Waals surface area contributed by atoms with Gasteiger partial charge in [-0.1, -0.05) is 0 Å². The zero-order valence-corrected chi connectivity index (χ0v) is 11.0. The molecule has 1 aliphatic heterocycles. The summed E-state index contributed by atoms with van der Waals surface area (Å²) in [6, 6.07) is 0.278. The first-order chi connectivity index (χ1) is 9.82. The average Bonchev–Trinajstić information content (AvgIpc) is 2.84. The molecular formula is C11H13F3N4O3. The fourth-order valence-electron chi connectivity index (χ4n) is 2.11. The van der Waals surface area contributed by atoms with Crippen molar-refractivity contribution < 1.29 is 22.8 Å². The van der Waals surface area contributed by atoms with Crippen molar-refractivity contribution in [3.05, 3.63) is 28.1 Å². The molecule has 2 heterocycles. The third kappa shape index (κ3) is 3.39. The minimum Gasteiger partial charge on any atom is -0.378 e. The Hall–Kier alpha value is -1.94. The van der Waals surface area contributed by atoms with Gasteiger partial charge in [0, 0.05) is 20.2 Å². The summed E-state index contributed by atoms with van der Waals surface area (Å²) in [5.74, 6) is 0. The number of nitrogens with one attached hydrogen (secondary N) is 2. The monoisotopic (exact) mass is 306 g/mol. The summed E-state index contributed by atoms with van der Waals surface area (Å²) in [6.45, 7) is 0.943. The molecule has 0 spiro atoms. The number of rotatable bonds is 4. The zero-order valence-electron chi connectivity index (χ0n) is 11.0. The number of methoxy groups -OCH3 is 1. The fourth-order valence-corrected chi connectivity index (χ4v) is 2.11. The van der Waals surface area contributed by atoms with E-state index >= 15 is 0 Å². The number of anilines is 1. The van der Waals surface area contributed by atoms with Crippen LogP contribution in [0.2, 0.25) is 0 Å². The molecule has 2 atom stereocenters. The molecule has 1 saturated heterocycles. The Morgan fingerprint density at radius 3 is 2.81 bits per heavy atom. The Balaban J connectivity index is 2.32. The molecule has 0 aliphatic carbocycles. The molecule has 0 amide bonds. The molecule has 1 aromatic rings. The molecule has 7 nitrogen and oxygen atoms in total. The third-order valence-corrected chi connectivity index (χ3v) is 3.17. The van der Waals surface area contributed by atoms with Crippen molar-refractivity contribution in [2.75, 3.05) is 25.5 Å². The van der Waals surface area contributed by atoms with Gasteiger partial charge in [0.25, 0.3) is 0 Å². The van der Waals surface area contributed by atoms with Crippen LogP contribution in [-0.2, 0) is 10.9 Å². The van der Waals surface area contributed by atoms with Crippen molar-refractivity contribution in [3.63, 3.8) is 0 Å². The van der Waals surface area contributed by atoms with Gasteiger partial charge in [0.05, 0.1) is 17.1 Å². The molecule has 0 aromatic carbocycles. The molecule has 0 saturated carbocycles. The fraction of sp³-hybridized carbons (Fsp3) is 0.545. The van der Waals surface area contributed by atoms with Gasteiger partial charge in [0.1, 0.15) is 17.6 Å². The van der Waals surface area contributed by atoms with E-state index in [1.54, 1.807) is 0 Å². The van der Waals surface area contributed by atoms with E-state index < -0.39 is 22.5 Å². The summed E-state index contributed by atoms with van der Waals surface area (Å²) in [7, 11) is 1.47. The van der Waals surface area contributed by atoms with Crippen LogP contribution in [-0.4, -0.2) is 42.3 Å². The molecular weight excluding hydrogens is 293 g/mol. The normalized spacial score (nSPS) is 22.3. The lowest BCUT2D eigenvalue weighted by atomic mass is 10.2. The van der Waals surface area contributed by atoms with E-state index in [2.05, 4.69) is 15.6 Å². The minimum atomic E-state index is -4.67. The molecule has 0 radical (unpaired) electrons. The smallest absolute Gasteiger partial charge is 0.378 e. The maximum absolute atomic E-state index is 12.7. The van der Waals surface area contributed by atoms with Gasteiger partial charge in [-0.25, -0.2) is 4.98 Å². The number of ether oxygens (including phenoxy) is 1. The molecule has 2 rings (SSSR count). The van der Waals surface area contributed by atoms with Crippen LogP contribution < -0.4 is 10.6 Å². The van der Waals surface area contributed by atoms with Gasteiger partial charge >= 0.3 is 11.9 Å². The number of hydrogen-bond acceptors (Lipinski definition) is 6. The quantitative estimate of drug-likeness (QED) is 0.646. The first kappa shape index (κ1) is 15.4. The summed E-state index contributed by atoms with van der Waals surface area (Å²) in [6.07, 6.45) is -4.35. The average molecular weight is 306 g/mol. The van der Waals surface area contributed by atoms with Gasteiger partial charge in [-0.2, -0.15) is 13.2 Å². The summed E-state index contributed by atoms with van der Waals surface area (Å²) < 4.78 is 43.1. The maximum atomic E-state index is 12.7. The first-order valence-electron chi connectivity index (χ1n) is 6.04. The minimum absolute atomic E-state index is 0.224. The van der Waals surface area contributed by atoms with Crippen molar-refractivity contribution in [1.29, 1.82) is 0 Å². The third-order valence-electron chi connectivity index (χ3n) is 3.17. The number of hydrogen-bond donors (Lipinski definition) is 2. The molecule has 10 heteroatoms. The number of pyridine rings is 1. The van der Waals surface area contributed by atoms with E-state index in [9.17, 15) is 23.3 Å². The van der Waals surface area contributed by atoms with Gasteiger partial charge in [0.15, 0.2) is 0 Å². The summed E-state index contributed by atoms with van der Waals surface area (Å²) in [5, 5.41) is 16.6. The second-order valence-corrected chi connectivity index (χ2v) is 4.52. The highest BCUT2D eigenvalue weighted by atomic mass is 19.4. The predicted octanol–water partition coefficient (Wildman–Crippen LogP) is 1.41. The van der Waals surface area contributed by atoms with E-state index in [1.807, 2.05) is 0 Å². The lowest BCUT2D eigenvalue weighted by molar-refractivity contribution is -0.384. The Kier molecular flexibility index (Phi) is 4.28. The van der Waals surface area contributed by atoms with E-state index in [0.29, 0.717) is 25.4 Å². The highest BCUT2D eigenvalue weighted by molar-refractivity contribution is 5.62. The second kappa shape index (κ2) is 5.82. The molecule has 0 bridgehead atoms. The van der Waals surface area contributed by atoms with E-state index in [1.165, 1.54) is 7.11 Å². The zero-order chi connectivity index (χ0) is 15.6. The molecule has 21 heavy (non-hydrogen) atoms. The van der Waals surface area contributed by atoms with E-state index in [0.717, 1.165) is 0 Å². The van der Waals surface area contributed by atoms with Gasteiger partial charge in [-0.3, -0.25) is 10.1 Å². The molecule has 2 N–H and O–H groups in total. The largest absolute Gasteiger partial charge is 0.433 e. The lowest BCUT2D eigenvalue weighted by Gasteiger charge is -2.20. The predicted molar refractivity (Wildman–Crippen MR) is 67.0 cm³/mol. The number of halogens is 3. The van der Waals surface area contributed by atoms with Crippen molar-refractivity contribution in [2.24, 2.45) is 0 Å². The van der Waals surface area contributed by atoms with Crippen LogP contribution in [0.15, 0.2) is 12.3 Å². The number of nitro groups is 1. The van der Waals surface area contributed by atoms with Gasteiger partial charge < -0.3 is 15.4 Å². The molecule has 1 aliphatic rings. The summed E-state index contributed by atoms with van der Waals surface area (Å²) in [5.41, 5.74) is -1.92. The summed E-state index contributed by atoms with van der Waals surface area (Å²) in [4.78, 5) is 13.2. The second-order valence-electron chi connectivity index (χ2n) is 4.52. The molecule has 1 fully saturated rings. The van der Waals surface area contributed by atoms with Crippen LogP contribution in [0.5, 0.6) is 0 Å². The maximum Gasteiger partial charge on any atom is 0.433 e. The van der Waals surface area contributed by atoms with Crippen molar-refractivity contribution in [3.8, 4) is 0 Å². The highest BCUT2D eigenvalue weighted by Gasteiger charge is 2.35. The van der Waals surface area contributed by atoms with Crippen molar-refractivity contribution >= 4 is 11.4 Å². The highest BCUT2D eigenvalue weighted by Crippen LogP contribution is 2.33. The van der Waals surface area contributed by atoms with E-state index in [4.69, 9.17) is 4.74 Å². The van der Waals surface area contributed by atoms with Crippen molar-refractivity contribution in [2.45, 2.75) is 18.3 Å². The molecule has 1 aromatic heterocycles. The van der Waals surface area contributed by atoms with Crippen LogP contribution >= 0.6 is 0 Å². The number of aromatic nitrogens is 1. The van der Waals surface area contributed by atoms with Crippen LogP contribution in [0.1, 0.15) is 5.69 Å². The number of alkyl halides is 3. The van der Waals surface area contributed by atoms with Crippen LogP contribution in [0.3, 0.4) is 0 Å². The molecule has 116 valence electrons. The van der Waals surface area contributed by atoms with Gasteiger partial charge in [-0.05, 0) is 6.07 Å². The van der Waals surface area contributed by atoms with E-state index in [-0.39, 0.29) is 17.8 Å². The van der Waals surface area contributed by atoms with Gasteiger partial charge in [0.2, 0.25) is 0 Å². The van der Waals surface area contributed by atoms with Crippen molar-refractivity contribution in [1.82, 2.24) is 10.3 Å². The Bertz CT molecular complexity index is 538. The standard InChI is InChI=1S/C11H13F3N4O3/c1-21-9-5-15-3-7(9)17-6-2-10(11(12,13)14)16-4-8(6)18(19)20/h2,4,7,9,15H,3,5H2,1H3,(H,16,17)/t7?,9-/m0/s1. The molecule has 1 unspecified atom stereocenters. The van der Waals surface area contributed by atoms with Crippen LogP contribution in [0, 0.1) is 10.1 Å². The first-order valence-corrected chi connectivity index (χ1v) is 6.04. The number of nitrogens with zero attached hydrogens (tertiary/aromatic N) is 2. The van der Waals surface area contributed by atoms with Crippen LogP contribution in [0.25, 0.3) is 0 Å². The lowest BCUT2D eigenvalue weighted by Crippen LogP contribution is -2.33.